The molecule has 0 spiro atoms. The van der Waals surface area contributed by atoms with Crippen LogP contribution in [0, 0.1) is 0 Å². The van der Waals surface area contributed by atoms with Gasteiger partial charge in [0.15, 0.2) is 0 Å². The summed E-state index contributed by atoms with van der Waals surface area (Å²) in [4.78, 5) is 15.9. The average Bonchev–Trinajstić information content (AvgIpc) is 2.78. The van der Waals surface area contributed by atoms with Crippen molar-refractivity contribution in [3.8, 4) is 0 Å². The molecule has 112 valence electrons. The normalized spacial score (nSPS) is 18.7. The van der Waals surface area contributed by atoms with Gasteiger partial charge in [-0.25, -0.2) is 0 Å². The van der Waals surface area contributed by atoms with Crippen LogP contribution in [0.5, 0.6) is 0 Å². The zero-order chi connectivity index (χ0) is 14.4. The molecule has 20 heavy (non-hydrogen) atoms. The van der Waals surface area contributed by atoms with Gasteiger partial charge in [0.1, 0.15) is 11.4 Å². The number of ketones is 1. The van der Waals surface area contributed by atoms with E-state index in [1.165, 1.54) is 12.8 Å². The minimum Gasteiger partial charge on any atom is -0.367 e. The van der Waals surface area contributed by atoms with E-state index >= 15 is 0 Å². The van der Waals surface area contributed by atoms with Crippen LogP contribution in [-0.2, 0) is 21.6 Å². The van der Waals surface area contributed by atoms with Crippen molar-refractivity contribution in [2.45, 2.75) is 70.8 Å². The van der Waals surface area contributed by atoms with Gasteiger partial charge in [-0.05, 0) is 19.8 Å². The van der Waals surface area contributed by atoms with Crippen molar-refractivity contribution in [2.75, 3.05) is 6.61 Å². The Morgan fingerprint density at radius 2 is 1.95 bits per heavy atom. The topological polar surface area (TPSA) is 65.2 Å². The highest BCUT2D eigenvalue weighted by Crippen LogP contribution is 2.38. The number of hydrogen-bond acceptors (Lipinski definition) is 5. The zero-order valence-electron chi connectivity index (χ0n) is 12.5. The molecular formula is C15H24N2O3. The van der Waals surface area contributed by atoms with Crippen LogP contribution in [0.25, 0.3) is 0 Å². The molecule has 0 saturated heterocycles. The van der Waals surface area contributed by atoms with Crippen molar-refractivity contribution >= 4 is 5.78 Å². The first kappa shape index (κ1) is 15.2. The van der Waals surface area contributed by atoms with Crippen molar-refractivity contribution in [3.63, 3.8) is 0 Å². The predicted molar refractivity (Wildman–Crippen MR) is 74.3 cm³/mol. The van der Waals surface area contributed by atoms with Gasteiger partial charge in [-0.15, -0.1) is 0 Å². The molecule has 1 aliphatic carbocycles. The molecule has 1 aromatic heterocycles. The molecule has 0 aromatic carbocycles. The van der Waals surface area contributed by atoms with Gasteiger partial charge < -0.3 is 9.26 Å². The van der Waals surface area contributed by atoms with Crippen LogP contribution < -0.4 is 0 Å². The number of hydrogen-bond donors (Lipinski definition) is 0. The van der Waals surface area contributed by atoms with Crippen molar-refractivity contribution < 1.29 is 14.1 Å². The Morgan fingerprint density at radius 3 is 2.55 bits per heavy atom. The number of carbonyl (C=O) groups excluding carboxylic acids is 1. The van der Waals surface area contributed by atoms with E-state index in [1.54, 1.807) is 0 Å². The van der Waals surface area contributed by atoms with Gasteiger partial charge in [-0.1, -0.05) is 37.8 Å². The summed E-state index contributed by atoms with van der Waals surface area (Å²) in [6.07, 6.45) is 7.29. The first-order valence-corrected chi connectivity index (χ1v) is 7.69. The molecule has 5 heteroatoms. The van der Waals surface area contributed by atoms with Gasteiger partial charge in [0.05, 0.1) is 6.42 Å². The van der Waals surface area contributed by atoms with Gasteiger partial charge in [0.25, 0.3) is 0 Å². The number of rotatable bonds is 6. The fourth-order valence-corrected chi connectivity index (χ4v) is 2.81. The second-order valence-electron chi connectivity index (χ2n) is 5.42. The largest absolute Gasteiger partial charge is 0.367 e. The van der Waals surface area contributed by atoms with E-state index in [1.807, 2.05) is 13.8 Å². The smallest absolute Gasteiger partial charge is 0.234 e. The number of carbonyl (C=O) groups is 1. The van der Waals surface area contributed by atoms with E-state index in [0.717, 1.165) is 25.7 Å². The summed E-state index contributed by atoms with van der Waals surface area (Å²) >= 11 is 0. The van der Waals surface area contributed by atoms with Crippen LogP contribution in [0.2, 0.25) is 0 Å². The molecule has 0 atom stereocenters. The lowest BCUT2D eigenvalue weighted by Crippen LogP contribution is -2.30. The monoisotopic (exact) mass is 280 g/mol. The van der Waals surface area contributed by atoms with Gasteiger partial charge in [-0.3, -0.25) is 4.79 Å². The first-order valence-electron chi connectivity index (χ1n) is 7.69. The SMILES string of the molecule is CCOC1(c2noc(CC(=O)CC)n2)CCCCCC1. The Balaban J connectivity index is 2.18. The van der Waals surface area contributed by atoms with Crippen LogP contribution >= 0.6 is 0 Å². The minimum atomic E-state index is -0.414. The van der Waals surface area contributed by atoms with Crippen LogP contribution in [0.1, 0.15) is 70.5 Å². The lowest BCUT2D eigenvalue weighted by Gasteiger charge is -2.29. The standard InChI is InChI=1S/C15H24N2O3/c1-3-12(18)11-13-16-14(17-20-13)15(19-4-2)9-7-5-6-8-10-15/h3-11H2,1-2H3. The third kappa shape index (κ3) is 3.45. The van der Waals surface area contributed by atoms with Gasteiger partial charge in [0, 0.05) is 13.0 Å². The summed E-state index contributed by atoms with van der Waals surface area (Å²) in [6.45, 7) is 4.47. The summed E-state index contributed by atoms with van der Waals surface area (Å²) < 4.78 is 11.3. The second-order valence-corrected chi connectivity index (χ2v) is 5.42. The summed E-state index contributed by atoms with van der Waals surface area (Å²) in [5.41, 5.74) is -0.414. The van der Waals surface area contributed by atoms with Gasteiger partial charge in [-0.2, -0.15) is 4.98 Å². The van der Waals surface area contributed by atoms with Crippen molar-refractivity contribution in [3.05, 3.63) is 11.7 Å². The maximum Gasteiger partial charge on any atom is 0.234 e. The molecule has 0 unspecified atom stereocenters. The highest BCUT2D eigenvalue weighted by Gasteiger charge is 2.38. The molecule has 5 nitrogen and oxygen atoms in total. The predicted octanol–water partition coefficient (Wildman–Crippen LogP) is 3.18. The lowest BCUT2D eigenvalue weighted by molar-refractivity contribution is -0.118. The summed E-state index contributed by atoms with van der Waals surface area (Å²) in [7, 11) is 0. The van der Waals surface area contributed by atoms with Gasteiger partial charge >= 0.3 is 0 Å². The van der Waals surface area contributed by atoms with Crippen LogP contribution in [-0.4, -0.2) is 22.5 Å². The molecule has 0 radical (unpaired) electrons. The molecule has 0 bridgehead atoms. The maximum atomic E-state index is 11.5. The number of aromatic nitrogens is 2. The third-order valence-corrected chi connectivity index (χ3v) is 3.95. The molecule has 1 saturated carbocycles. The summed E-state index contributed by atoms with van der Waals surface area (Å²) in [5.74, 6) is 1.15. The molecule has 1 aliphatic rings. The van der Waals surface area contributed by atoms with Crippen molar-refractivity contribution in [1.82, 2.24) is 10.1 Å². The number of ether oxygens (including phenoxy) is 1. The highest BCUT2D eigenvalue weighted by atomic mass is 16.5. The summed E-state index contributed by atoms with van der Waals surface area (Å²) in [6, 6.07) is 0. The van der Waals surface area contributed by atoms with Crippen LogP contribution in [0.4, 0.5) is 0 Å². The van der Waals surface area contributed by atoms with E-state index in [9.17, 15) is 4.79 Å². The van der Waals surface area contributed by atoms with Crippen molar-refractivity contribution in [1.29, 1.82) is 0 Å². The van der Waals surface area contributed by atoms with E-state index < -0.39 is 5.60 Å². The van der Waals surface area contributed by atoms with Gasteiger partial charge in [0.2, 0.25) is 11.7 Å². The first-order chi connectivity index (χ1) is 9.70. The Hall–Kier alpha value is -1.23. The molecule has 0 aliphatic heterocycles. The number of nitrogens with zero attached hydrogens (tertiary/aromatic N) is 2. The fraction of sp³-hybridized carbons (Fsp3) is 0.800. The minimum absolute atomic E-state index is 0.117. The molecule has 1 aromatic rings. The Labute approximate surface area is 120 Å². The molecule has 1 fully saturated rings. The molecule has 2 rings (SSSR count). The molecular weight excluding hydrogens is 256 g/mol. The molecule has 1 heterocycles. The van der Waals surface area contributed by atoms with E-state index in [2.05, 4.69) is 10.1 Å². The van der Waals surface area contributed by atoms with E-state index in [0.29, 0.717) is 24.7 Å². The summed E-state index contributed by atoms with van der Waals surface area (Å²) in [5, 5.41) is 4.10. The maximum absolute atomic E-state index is 11.5. The average molecular weight is 280 g/mol. The van der Waals surface area contributed by atoms with Crippen LogP contribution in [0.3, 0.4) is 0 Å². The molecule has 0 N–H and O–H groups in total. The Bertz CT molecular complexity index is 434. The van der Waals surface area contributed by atoms with E-state index in [-0.39, 0.29) is 12.2 Å². The molecule has 0 amide bonds. The second kappa shape index (κ2) is 6.97. The number of Topliss-reactive ketones (excluding diaryl/α,β-unsaturated/α-hetero) is 1. The van der Waals surface area contributed by atoms with Crippen molar-refractivity contribution in [2.24, 2.45) is 0 Å². The quantitative estimate of drug-likeness (QED) is 0.749. The zero-order valence-corrected chi connectivity index (χ0v) is 12.5. The Kier molecular flexibility index (Phi) is 5.29. The lowest BCUT2D eigenvalue weighted by atomic mass is 9.93. The highest BCUT2D eigenvalue weighted by molar-refractivity contribution is 5.79. The Morgan fingerprint density at radius 1 is 1.25 bits per heavy atom. The third-order valence-electron chi connectivity index (χ3n) is 3.95. The van der Waals surface area contributed by atoms with Crippen LogP contribution in [0.15, 0.2) is 4.52 Å². The fourth-order valence-electron chi connectivity index (χ4n) is 2.81. The van der Waals surface area contributed by atoms with E-state index in [4.69, 9.17) is 9.26 Å².